The van der Waals surface area contributed by atoms with Gasteiger partial charge in [0.1, 0.15) is 6.10 Å². The number of hydrogen-bond donors (Lipinski definition) is 0. The molecule has 1 aliphatic rings. The number of carbonyl (C=O) groups is 1. The lowest BCUT2D eigenvalue weighted by Crippen LogP contribution is -2.53. The van der Waals surface area contributed by atoms with Crippen molar-refractivity contribution >= 4 is 5.91 Å². The van der Waals surface area contributed by atoms with Crippen molar-refractivity contribution in [3.63, 3.8) is 0 Å². The zero-order valence-electron chi connectivity index (χ0n) is 10.4. The van der Waals surface area contributed by atoms with Gasteiger partial charge in [-0.2, -0.15) is 0 Å². The molecule has 1 aromatic carbocycles. The summed E-state index contributed by atoms with van der Waals surface area (Å²) in [5.41, 5.74) is 1.16. The SMILES string of the molecule is CCCN(C(C)=O)[C@@H]1CO[C@@H]1c1ccccc1. The van der Waals surface area contributed by atoms with Crippen LogP contribution in [0.25, 0.3) is 0 Å². The van der Waals surface area contributed by atoms with E-state index < -0.39 is 0 Å². The average molecular weight is 233 g/mol. The highest BCUT2D eigenvalue weighted by molar-refractivity contribution is 5.73. The van der Waals surface area contributed by atoms with Crippen molar-refractivity contribution in [2.24, 2.45) is 0 Å². The van der Waals surface area contributed by atoms with E-state index in [2.05, 4.69) is 19.1 Å². The van der Waals surface area contributed by atoms with Gasteiger partial charge in [-0.25, -0.2) is 0 Å². The van der Waals surface area contributed by atoms with Crippen LogP contribution in [0.4, 0.5) is 0 Å². The van der Waals surface area contributed by atoms with Gasteiger partial charge in [0.05, 0.1) is 12.6 Å². The molecule has 0 radical (unpaired) electrons. The molecule has 2 atom stereocenters. The summed E-state index contributed by atoms with van der Waals surface area (Å²) < 4.78 is 5.61. The number of carbonyl (C=O) groups excluding carboxylic acids is 1. The molecule has 0 unspecified atom stereocenters. The van der Waals surface area contributed by atoms with Crippen molar-refractivity contribution in [1.82, 2.24) is 4.90 Å². The third-order valence-electron chi connectivity index (χ3n) is 3.19. The predicted octanol–water partition coefficient (Wildman–Crippen LogP) is 2.39. The van der Waals surface area contributed by atoms with Crippen molar-refractivity contribution in [1.29, 1.82) is 0 Å². The van der Waals surface area contributed by atoms with Crippen LogP contribution in [0.2, 0.25) is 0 Å². The Morgan fingerprint density at radius 1 is 1.41 bits per heavy atom. The summed E-state index contributed by atoms with van der Waals surface area (Å²) in [7, 11) is 0. The molecular weight excluding hydrogens is 214 g/mol. The van der Waals surface area contributed by atoms with Crippen LogP contribution in [0.5, 0.6) is 0 Å². The lowest BCUT2D eigenvalue weighted by molar-refractivity contribution is -0.161. The minimum atomic E-state index is 0.0478. The fourth-order valence-electron chi connectivity index (χ4n) is 2.29. The number of amides is 1. The topological polar surface area (TPSA) is 29.5 Å². The normalized spacial score (nSPS) is 22.9. The Morgan fingerprint density at radius 3 is 2.59 bits per heavy atom. The molecule has 1 fully saturated rings. The maximum atomic E-state index is 11.6. The van der Waals surface area contributed by atoms with E-state index in [0.717, 1.165) is 18.5 Å². The Morgan fingerprint density at radius 2 is 2.12 bits per heavy atom. The van der Waals surface area contributed by atoms with E-state index in [4.69, 9.17) is 4.74 Å². The molecule has 92 valence electrons. The first-order valence-electron chi connectivity index (χ1n) is 6.17. The molecule has 1 aliphatic heterocycles. The van der Waals surface area contributed by atoms with Gasteiger partial charge in [-0.15, -0.1) is 0 Å². The zero-order chi connectivity index (χ0) is 12.3. The largest absolute Gasteiger partial charge is 0.369 e. The minimum Gasteiger partial charge on any atom is -0.369 e. The quantitative estimate of drug-likeness (QED) is 0.799. The Hall–Kier alpha value is -1.35. The first-order chi connectivity index (χ1) is 8.24. The second kappa shape index (κ2) is 5.32. The molecule has 0 spiro atoms. The van der Waals surface area contributed by atoms with Crippen LogP contribution in [0.3, 0.4) is 0 Å². The van der Waals surface area contributed by atoms with Gasteiger partial charge in [-0.05, 0) is 12.0 Å². The van der Waals surface area contributed by atoms with Gasteiger partial charge >= 0.3 is 0 Å². The molecule has 0 aliphatic carbocycles. The standard InChI is InChI=1S/C14H19NO2/c1-3-9-15(11(2)16)13-10-17-14(13)12-7-5-4-6-8-12/h4-8,13-14H,3,9-10H2,1-2H3/t13-,14-/m1/s1. The maximum absolute atomic E-state index is 11.6. The summed E-state index contributed by atoms with van der Waals surface area (Å²) in [6, 6.07) is 10.3. The molecule has 1 heterocycles. The van der Waals surface area contributed by atoms with E-state index in [1.165, 1.54) is 0 Å². The molecule has 3 heteroatoms. The van der Waals surface area contributed by atoms with Gasteiger partial charge in [0, 0.05) is 13.5 Å². The molecule has 0 aromatic heterocycles. The molecule has 1 aromatic rings. The fraction of sp³-hybridized carbons (Fsp3) is 0.500. The lowest BCUT2D eigenvalue weighted by Gasteiger charge is -2.44. The highest BCUT2D eigenvalue weighted by Gasteiger charge is 2.38. The third kappa shape index (κ3) is 2.50. The van der Waals surface area contributed by atoms with Gasteiger partial charge in [-0.3, -0.25) is 4.79 Å². The minimum absolute atomic E-state index is 0.0478. The second-order valence-corrected chi connectivity index (χ2v) is 4.44. The van der Waals surface area contributed by atoms with Crippen LogP contribution in [0.15, 0.2) is 30.3 Å². The van der Waals surface area contributed by atoms with Gasteiger partial charge in [0.2, 0.25) is 5.91 Å². The molecule has 2 rings (SSSR count). The summed E-state index contributed by atoms with van der Waals surface area (Å²) in [6.45, 7) is 5.19. The lowest BCUT2D eigenvalue weighted by atomic mass is 9.96. The summed E-state index contributed by atoms with van der Waals surface area (Å²) >= 11 is 0. The summed E-state index contributed by atoms with van der Waals surface area (Å²) in [6.07, 6.45) is 1.03. The van der Waals surface area contributed by atoms with E-state index in [-0.39, 0.29) is 18.1 Å². The Kier molecular flexibility index (Phi) is 3.79. The van der Waals surface area contributed by atoms with Crippen LogP contribution in [-0.2, 0) is 9.53 Å². The van der Waals surface area contributed by atoms with Crippen molar-refractivity contribution < 1.29 is 9.53 Å². The molecular formula is C14H19NO2. The number of hydrogen-bond acceptors (Lipinski definition) is 2. The second-order valence-electron chi connectivity index (χ2n) is 4.44. The average Bonchev–Trinajstić information content (AvgIpc) is 2.28. The van der Waals surface area contributed by atoms with E-state index in [1.54, 1.807) is 6.92 Å². The van der Waals surface area contributed by atoms with Crippen LogP contribution in [0, 0.1) is 0 Å². The molecule has 17 heavy (non-hydrogen) atoms. The number of ether oxygens (including phenoxy) is 1. The first kappa shape index (κ1) is 12.1. The number of nitrogens with zero attached hydrogens (tertiary/aromatic N) is 1. The van der Waals surface area contributed by atoms with Crippen LogP contribution in [-0.4, -0.2) is 30.0 Å². The summed E-state index contributed by atoms with van der Waals surface area (Å²) in [5.74, 6) is 0.140. The van der Waals surface area contributed by atoms with Gasteiger partial charge in [0.25, 0.3) is 0 Å². The van der Waals surface area contributed by atoms with Crippen molar-refractivity contribution in [2.45, 2.75) is 32.4 Å². The van der Waals surface area contributed by atoms with Gasteiger partial charge in [0.15, 0.2) is 0 Å². The molecule has 0 saturated carbocycles. The number of benzene rings is 1. The summed E-state index contributed by atoms with van der Waals surface area (Å²) in [5, 5.41) is 0. The summed E-state index contributed by atoms with van der Waals surface area (Å²) in [4.78, 5) is 13.5. The number of rotatable bonds is 4. The van der Waals surface area contributed by atoms with Crippen molar-refractivity contribution in [2.75, 3.05) is 13.2 Å². The fourth-order valence-corrected chi connectivity index (χ4v) is 2.29. The van der Waals surface area contributed by atoms with E-state index in [0.29, 0.717) is 6.61 Å². The van der Waals surface area contributed by atoms with Crippen LogP contribution >= 0.6 is 0 Å². The molecule has 1 saturated heterocycles. The monoisotopic (exact) mass is 233 g/mol. The maximum Gasteiger partial charge on any atom is 0.219 e. The Bertz CT molecular complexity index is 377. The zero-order valence-corrected chi connectivity index (χ0v) is 10.4. The van der Waals surface area contributed by atoms with Gasteiger partial charge < -0.3 is 9.64 Å². The first-order valence-corrected chi connectivity index (χ1v) is 6.17. The van der Waals surface area contributed by atoms with Crippen LogP contribution < -0.4 is 0 Å². The van der Waals surface area contributed by atoms with E-state index in [9.17, 15) is 4.79 Å². The Labute approximate surface area is 102 Å². The van der Waals surface area contributed by atoms with E-state index in [1.807, 2.05) is 23.1 Å². The van der Waals surface area contributed by atoms with E-state index >= 15 is 0 Å². The highest BCUT2D eigenvalue weighted by atomic mass is 16.5. The molecule has 1 amide bonds. The van der Waals surface area contributed by atoms with Gasteiger partial charge in [-0.1, -0.05) is 37.3 Å². The van der Waals surface area contributed by atoms with Crippen molar-refractivity contribution in [3.8, 4) is 0 Å². The molecule has 3 nitrogen and oxygen atoms in total. The van der Waals surface area contributed by atoms with Crippen LogP contribution in [0.1, 0.15) is 31.9 Å². The van der Waals surface area contributed by atoms with Crippen molar-refractivity contribution in [3.05, 3.63) is 35.9 Å². The third-order valence-corrected chi connectivity index (χ3v) is 3.19. The molecule has 0 bridgehead atoms. The molecule has 0 N–H and O–H groups in total. The highest BCUT2D eigenvalue weighted by Crippen LogP contribution is 2.33. The predicted molar refractivity (Wildman–Crippen MR) is 66.6 cm³/mol. The smallest absolute Gasteiger partial charge is 0.219 e. The Balaban J connectivity index is 2.09.